The van der Waals surface area contributed by atoms with Crippen LogP contribution in [0.25, 0.3) is 0 Å². The first-order valence-corrected chi connectivity index (χ1v) is 6.87. The van der Waals surface area contributed by atoms with Gasteiger partial charge in [-0.2, -0.15) is 0 Å². The molecule has 0 aromatic carbocycles. The van der Waals surface area contributed by atoms with Crippen molar-refractivity contribution in [3.05, 3.63) is 23.3 Å². The lowest BCUT2D eigenvalue weighted by Gasteiger charge is -2.25. The number of carbonyl (C=O) groups excluding carboxylic acids is 1. The molecule has 0 unspecified atom stereocenters. The molecule has 1 aliphatic heterocycles. The summed E-state index contributed by atoms with van der Waals surface area (Å²) in [4.78, 5) is 11.7. The van der Waals surface area contributed by atoms with Gasteiger partial charge in [0.25, 0.3) is 0 Å². The van der Waals surface area contributed by atoms with E-state index in [0.717, 1.165) is 24.0 Å². The summed E-state index contributed by atoms with van der Waals surface area (Å²) in [6, 6.07) is 0. The molecule has 4 heteroatoms. The van der Waals surface area contributed by atoms with Gasteiger partial charge < -0.3 is 14.9 Å². The molecule has 1 aliphatic carbocycles. The number of rotatable bonds is 1. The number of aliphatic hydroxyl groups is 2. The molecule has 2 N–H and O–H groups in total. The molecule has 19 heavy (non-hydrogen) atoms. The zero-order valence-electron chi connectivity index (χ0n) is 11.5. The summed E-state index contributed by atoms with van der Waals surface area (Å²) in [5.74, 6) is -0.789. The van der Waals surface area contributed by atoms with E-state index >= 15 is 0 Å². The Kier molecular flexibility index (Phi) is 4.42. The second-order valence-electron chi connectivity index (χ2n) is 5.61. The second-order valence-corrected chi connectivity index (χ2v) is 5.61. The van der Waals surface area contributed by atoms with E-state index in [2.05, 4.69) is 6.08 Å². The standard InChI is InChI=1S/C15H22O4/c1-9-4-3-5-11(8-16)7-13-14(12(17)6-9)10(2)15(18)19-13/h4,7,10,12-14,16-17H,3,5-6,8H2,1-2H3/b9-4?,11-7-/t10-,12-,13+,14+/m0/s1. The highest BCUT2D eigenvalue weighted by Crippen LogP contribution is 2.35. The number of allylic oxidation sites excluding steroid dienone is 1. The predicted molar refractivity (Wildman–Crippen MR) is 71.3 cm³/mol. The average molecular weight is 266 g/mol. The molecule has 2 aliphatic rings. The van der Waals surface area contributed by atoms with Gasteiger partial charge in [0, 0.05) is 5.92 Å². The van der Waals surface area contributed by atoms with E-state index in [0.29, 0.717) is 6.42 Å². The third-order valence-corrected chi connectivity index (χ3v) is 4.12. The predicted octanol–water partition coefficient (Wildman–Crippen LogP) is 1.57. The van der Waals surface area contributed by atoms with Crippen molar-refractivity contribution in [3.8, 4) is 0 Å². The zero-order valence-corrected chi connectivity index (χ0v) is 11.5. The van der Waals surface area contributed by atoms with Gasteiger partial charge in [-0.1, -0.05) is 18.6 Å². The molecule has 2 rings (SSSR count). The Balaban J connectivity index is 2.31. The Morgan fingerprint density at radius 1 is 1.47 bits per heavy atom. The SMILES string of the molecule is CC1=CCC/C(CO)=C/[C@H]2OC(=O)[C@@H](C)[C@@H]2[C@@H](O)C1. The van der Waals surface area contributed by atoms with Gasteiger partial charge in [0.05, 0.1) is 18.6 Å². The van der Waals surface area contributed by atoms with Crippen LogP contribution in [-0.4, -0.2) is 35.0 Å². The van der Waals surface area contributed by atoms with E-state index in [1.54, 1.807) is 6.92 Å². The Morgan fingerprint density at radius 2 is 2.21 bits per heavy atom. The van der Waals surface area contributed by atoms with Gasteiger partial charge in [-0.3, -0.25) is 4.79 Å². The fraction of sp³-hybridized carbons (Fsp3) is 0.667. The van der Waals surface area contributed by atoms with Crippen LogP contribution in [0.3, 0.4) is 0 Å². The molecule has 4 nitrogen and oxygen atoms in total. The number of ether oxygens (including phenoxy) is 1. The van der Waals surface area contributed by atoms with Crippen molar-refractivity contribution in [1.82, 2.24) is 0 Å². The molecule has 0 saturated carbocycles. The minimum absolute atomic E-state index is 0.0296. The van der Waals surface area contributed by atoms with Gasteiger partial charge in [-0.25, -0.2) is 0 Å². The summed E-state index contributed by atoms with van der Waals surface area (Å²) in [5, 5.41) is 19.7. The Bertz CT molecular complexity index is 410. The fourth-order valence-electron chi connectivity index (χ4n) is 2.96. The van der Waals surface area contributed by atoms with Crippen molar-refractivity contribution >= 4 is 5.97 Å². The number of carbonyl (C=O) groups is 1. The highest BCUT2D eigenvalue weighted by Gasteiger charge is 2.44. The van der Waals surface area contributed by atoms with E-state index in [1.807, 2.05) is 13.0 Å². The van der Waals surface area contributed by atoms with Crippen LogP contribution in [0.5, 0.6) is 0 Å². The zero-order chi connectivity index (χ0) is 14.0. The van der Waals surface area contributed by atoms with Crippen molar-refractivity contribution in [2.75, 3.05) is 6.61 Å². The maximum atomic E-state index is 11.7. The molecule has 0 amide bonds. The molecule has 0 bridgehead atoms. The number of hydrogen-bond acceptors (Lipinski definition) is 4. The van der Waals surface area contributed by atoms with E-state index in [-0.39, 0.29) is 24.4 Å². The van der Waals surface area contributed by atoms with Gasteiger partial charge in [-0.05, 0) is 37.8 Å². The number of hydrogen-bond donors (Lipinski definition) is 2. The third-order valence-electron chi connectivity index (χ3n) is 4.12. The van der Waals surface area contributed by atoms with Crippen molar-refractivity contribution < 1.29 is 19.7 Å². The van der Waals surface area contributed by atoms with E-state index in [9.17, 15) is 15.0 Å². The van der Waals surface area contributed by atoms with Crippen molar-refractivity contribution in [3.63, 3.8) is 0 Å². The molecule has 1 heterocycles. The smallest absolute Gasteiger partial charge is 0.309 e. The van der Waals surface area contributed by atoms with Crippen molar-refractivity contribution in [1.29, 1.82) is 0 Å². The van der Waals surface area contributed by atoms with Crippen LogP contribution in [0, 0.1) is 11.8 Å². The number of esters is 1. The molecule has 4 atom stereocenters. The molecule has 0 radical (unpaired) electrons. The summed E-state index contributed by atoms with van der Waals surface area (Å²) in [6.45, 7) is 3.76. The minimum atomic E-state index is -0.586. The fourth-order valence-corrected chi connectivity index (χ4v) is 2.96. The molecule has 0 spiro atoms. The summed E-state index contributed by atoms with van der Waals surface area (Å²) in [5.41, 5.74) is 1.99. The third kappa shape index (κ3) is 3.07. The van der Waals surface area contributed by atoms with Crippen LogP contribution in [-0.2, 0) is 9.53 Å². The van der Waals surface area contributed by atoms with Gasteiger partial charge in [0.2, 0.25) is 0 Å². The maximum Gasteiger partial charge on any atom is 0.309 e. The number of fused-ring (bicyclic) bond motifs is 1. The topological polar surface area (TPSA) is 66.8 Å². The van der Waals surface area contributed by atoms with Crippen molar-refractivity contribution in [2.45, 2.75) is 45.3 Å². The van der Waals surface area contributed by atoms with E-state index < -0.39 is 12.2 Å². The summed E-state index contributed by atoms with van der Waals surface area (Å²) in [7, 11) is 0. The Hall–Kier alpha value is -1.13. The highest BCUT2D eigenvalue weighted by molar-refractivity contribution is 5.75. The van der Waals surface area contributed by atoms with Crippen LogP contribution in [0.4, 0.5) is 0 Å². The van der Waals surface area contributed by atoms with Gasteiger partial charge in [0.1, 0.15) is 6.10 Å². The van der Waals surface area contributed by atoms with Crippen LogP contribution in [0.2, 0.25) is 0 Å². The van der Waals surface area contributed by atoms with Crippen LogP contribution in [0.1, 0.15) is 33.1 Å². The molecule has 0 aromatic rings. The maximum absolute atomic E-state index is 11.7. The lowest BCUT2D eigenvalue weighted by atomic mass is 9.82. The average Bonchev–Trinajstić information content (AvgIpc) is 2.63. The molecule has 1 saturated heterocycles. The Labute approximate surface area is 113 Å². The van der Waals surface area contributed by atoms with Gasteiger partial charge in [-0.15, -0.1) is 0 Å². The first-order chi connectivity index (χ1) is 9.02. The lowest BCUT2D eigenvalue weighted by molar-refractivity contribution is -0.142. The molecule has 0 aromatic heterocycles. The first kappa shape index (κ1) is 14.3. The first-order valence-electron chi connectivity index (χ1n) is 6.87. The van der Waals surface area contributed by atoms with Gasteiger partial charge in [0.15, 0.2) is 0 Å². The molecular formula is C15H22O4. The van der Waals surface area contributed by atoms with Crippen LogP contribution < -0.4 is 0 Å². The summed E-state index contributed by atoms with van der Waals surface area (Å²) in [6.07, 6.45) is 5.09. The lowest BCUT2D eigenvalue weighted by Crippen LogP contribution is -2.32. The van der Waals surface area contributed by atoms with Crippen LogP contribution >= 0.6 is 0 Å². The molecule has 1 fully saturated rings. The quantitative estimate of drug-likeness (QED) is 0.558. The van der Waals surface area contributed by atoms with Crippen LogP contribution in [0.15, 0.2) is 23.3 Å². The highest BCUT2D eigenvalue weighted by atomic mass is 16.6. The monoisotopic (exact) mass is 266 g/mol. The normalized spacial score (nSPS) is 38.8. The van der Waals surface area contributed by atoms with E-state index in [1.165, 1.54) is 0 Å². The summed E-state index contributed by atoms with van der Waals surface area (Å²) < 4.78 is 5.34. The Morgan fingerprint density at radius 3 is 2.89 bits per heavy atom. The minimum Gasteiger partial charge on any atom is -0.457 e. The number of aliphatic hydroxyl groups excluding tert-OH is 2. The molecular weight excluding hydrogens is 244 g/mol. The van der Waals surface area contributed by atoms with Crippen molar-refractivity contribution in [2.24, 2.45) is 11.8 Å². The van der Waals surface area contributed by atoms with E-state index in [4.69, 9.17) is 4.74 Å². The second kappa shape index (κ2) is 5.88. The molecule has 106 valence electrons. The van der Waals surface area contributed by atoms with Gasteiger partial charge >= 0.3 is 5.97 Å². The largest absolute Gasteiger partial charge is 0.457 e. The summed E-state index contributed by atoms with van der Waals surface area (Å²) >= 11 is 0.